The lowest BCUT2D eigenvalue weighted by Gasteiger charge is -2.23. The van der Waals surface area contributed by atoms with E-state index in [0.29, 0.717) is 12.1 Å². The molecule has 4 rings (SSSR count). The number of fused-ring (bicyclic) bond motifs is 1. The van der Waals surface area contributed by atoms with Gasteiger partial charge in [-0.15, -0.1) is 11.8 Å². The maximum absolute atomic E-state index is 13.4. The van der Waals surface area contributed by atoms with Gasteiger partial charge in [0, 0.05) is 17.1 Å². The number of hydrogen-bond donors (Lipinski definition) is 0. The summed E-state index contributed by atoms with van der Waals surface area (Å²) in [6.07, 6.45) is 4.14. The lowest BCUT2D eigenvalue weighted by atomic mass is 10.1. The van der Waals surface area contributed by atoms with Crippen LogP contribution in [-0.2, 0) is 4.74 Å². The molecule has 0 aliphatic carbocycles. The molecule has 1 atom stereocenters. The van der Waals surface area contributed by atoms with Gasteiger partial charge in [0.25, 0.3) is 5.91 Å². The van der Waals surface area contributed by atoms with Crippen LogP contribution in [0.2, 0.25) is 0 Å². The van der Waals surface area contributed by atoms with E-state index in [-0.39, 0.29) is 12.0 Å². The molecule has 1 saturated heterocycles. The van der Waals surface area contributed by atoms with Crippen molar-refractivity contribution in [2.45, 2.75) is 37.7 Å². The van der Waals surface area contributed by atoms with E-state index in [1.807, 2.05) is 30.5 Å². The largest absolute Gasteiger partial charge is 0.376 e. The summed E-state index contributed by atoms with van der Waals surface area (Å²) in [7, 11) is 0. The number of thioether (sulfide) groups is 1. The quantitative estimate of drug-likeness (QED) is 0.522. The Kier molecular flexibility index (Phi) is 5.71. The van der Waals surface area contributed by atoms with Gasteiger partial charge in [-0.2, -0.15) is 0 Å². The van der Waals surface area contributed by atoms with Crippen LogP contribution >= 0.6 is 23.1 Å². The number of hydrogen-bond acceptors (Lipinski definition) is 5. The van der Waals surface area contributed by atoms with Crippen molar-refractivity contribution < 1.29 is 9.53 Å². The zero-order valence-corrected chi connectivity index (χ0v) is 18.0. The van der Waals surface area contributed by atoms with Crippen molar-refractivity contribution in [1.29, 1.82) is 0 Å². The van der Waals surface area contributed by atoms with Crippen LogP contribution in [0.4, 0.5) is 5.13 Å². The number of ether oxygens (including phenoxy) is 1. The number of carbonyl (C=O) groups excluding carboxylic acids is 1. The molecular formula is C22H24N2O2S2. The van der Waals surface area contributed by atoms with Gasteiger partial charge < -0.3 is 4.74 Å². The second-order valence-corrected chi connectivity index (χ2v) is 9.07. The lowest BCUT2D eigenvalue weighted by Crippen LogP contribution is -2.37. The van der Waals surface area contributed by atoms with Gasteiger partial charge in [0.15, 0.2) is 5.13 Å². The van der Waals surface area contributed by atoms with Crippen LogP contribution < -0.4 is 4.90 Å². The number of aromatic nitrogens is 1. The van der Waals surface area contributed by atoms with Gasteiger partial charge in [0.05, 0.1) is 22.9 Å². The topological polar surface area (TPSA) is 42.4 Å². The number of nitrogens with zero attached hydrogens (tertiary/aromatic N) is 2. The highest BCUT2D eigenvalue weighted by atomic mass is 32.2. The summed E-state index contributed by atoms with van der Waals surface area (Å²) in [5.74, 6) is -0.0179. The third-order valence-electron chi connectivity index (χ3n) is 5.22. The average Bonchev–Trinajstić information content (AvgIpc) is 3.35. The third-order valence-corrected chi connectivity index (χ3v) is 7.00. The molecule has 2 aromatic carbocycles. The summed E-state index contributed by atoms with van der Waals surface area (Å²) in [5, 5.41) is 0.745. The van der Waals surface area contributed by atoms with Crippen LogP contribution in [0.15, 0.2) is 41.3 Å². The Morgan fingerprint density at radius 2 is 2.00 bits per heavy atom. The van der Waals surface area contributed by atoms with E-state index in [2.05, 4.69) is 26.0 Å². The Balaban J connectivity index is 1.70. The highest BCUT2D eigenvalue weighted by Gasteiger charge is 2.27. The van der Waals surface area contributed by atoms with Gasteiger partial charge in [0.2, 0.25) is 0 Å². The summed E-state index contributed by atoms with van der Waals surface area (Å²) in [6.45, 7) is 5.52. The molecule has 1 unspecified atom stereocenters. The molecule has 1 amide bonds. The molecule has 1 fully saturated rings. The van der Waals surface area contributed by atoms with E-state index < -0.39 is 0 Å². The SMILES string of the molecule is CSc1ccc(C(=O)N(CC2CCCO2)c2nc3cc(C)c(C)cc3s2)cc1. The molecule has 0 N–H and O–H groups in total. The molecule has 28 heavy (non-hydrogen) atoms. The summed E-state index contributed by atoms with van der Waals surface area (Å²) in [6, 6.07) is 12.1. The van der Waals surface area contributed by atoms with E-state index in [1.165, 1.54) is 11.1 Å². The van der Waals surface area contributed by atoms with Crippen molar-refractivity contribution in [3.63, 3.8) is 0 Å². The molecule has 0 radical (unpaired) electrons. The number of amides is 1. The fraction of sp³-hybridized carbons (Fsp3) is 0.364. The average molecular weight is 413 g/mol. The normalized spacial score (nSPS) is 16.6. The van der Waals surface area contributed by atoms with Gasteiger partial charge >= 0.3 is 0 Å². The first-order valence-corrected chi connectivity index (χ1v) is 11.5. The summed E-state index contributed by atoms with van der Waals surface area (Å²) >= 11 is 3.25. The van der Waals surface area contributed by atoms with Gasteiger partial charge in [0.1, 0.15) is 0 Å². The highest BCUT2D eigenvalue weighted by Crippen LogP contribution is 2.32. The van der Waals surface area contributed by atoms with Crippen LogP contribution in [0.1, 0.15) is 34.3 Å². The first-order valence-electron chi connectivity index (χ1n) is 9.50. The maximum Gasteiger partial charge on any atom is 0.260 e. The van der Waals surface area contributed by atoms with Crippen LogP contribution in [0.5, 0.6) is 0 Å². The minimum Gasteiger partial charge on any atom is -0.376 e. The van der Waals surface area contributed by atoms with Gasteiger partial charge in [-0.3, -0.25) is 9.69 Å². The van der Waals surface area contributed by atoms with Crippen LogP contribution in [0, 0.1) is 13.8 Å². The maximum atomic E-state index is 13.4. The third kappa shape index (κ3) is 3.95. The molecule has 1 aromatic heterocycles. The molecule has 6 heteroatoms. The molecule has 1 aliphatic rings. The molecule has 1 aliphatic heterocycles. The number of anilines is 1. The number of carbonyl (C=O) groups is 1. The molecule has 3 aromatic rings. The Morgan fingerprint density at radius 1 is 1.25 bits per heavy atom. The molecule has 0 saturated carbocycles. The number of rotatable bonds is 5. The molecule has 4 nitrogen and oxygen atoms in total. The lowest BCUT2D eigenvalue weighted by molar-refractivity contribution is 0.0917. The number of aryl methyl sites for hydroxylation is 2. The fourth-order valence-corrected chi connectivity index (χ4v) is 4.87. The van der Waals surface area contributed by atoms with E-state index in [0.717, 1.165) is 39.7 Å². The number of thiazole rings is 1. The first-order chi connectivity index (χ1) is 13.5. The van der Waals surface area contributed by atoms with Gasteiger partial charge in [-0.25, -0.2) is 4.98 Å². The van der Waals surface area contributed by atoms with E-state index in [1.54, 1.807) is 28.0 Å². The summed E-state index contributed by atoms with van der Waals surface area (Å²) in [5.41, 5.74) is 4.09. The molecule has 0 bridgehead atoms. The second-order valence-electron chi connectivity index (χ2n) is 7.18. The zero-order valence-electron chi connectivity index (χ0n) is 16.4. The van der Waals surface area contributed by atoms with Crippen LogP contribution in [-0.4, -0.2) is 36.4 Å². The minimum absolute atomic E-state index is 0.0179. The Labute approximate surface area is 173 Å². The molecule has 146 valence electrons. The highest BCUT2D eigenvalue weighted by molar-refractivity contribution is 7.98. The van der Waals surface area contributed by atoms with E-state index >= 15 is 0 Å². The van der Waals surface area contributed by atoms with Crippen molar-refractivity contribution in [3.8, 4) is 0 Å². The predicted octanol–water partition coefficient (Wildman–Crippen LogP) is 5.46. The first kappa shape index (κ1) is 19.4. The Bertz CT molecular complexity index is 953. The number of benzene rings is 2. The molecular weight excluding hydrogens is 388 g/mol. The van der Waals surface area contributed by atoms with Crippen molar-refractivity contribution in [2.75, 3.05) is 24.3 Å². The van der Waals surface area contributed by atoms with Crippen LogP contribution in [0.25, 0.3) is 10.2 Å². The van der Waals surface area contributed by atoms with Crippen LogP contribution in [0.3, 0.4) is 0 Å². The van der Waals surface area contributed by atoms with Crippen molar-refractivity contribution in [2.24, 2.45) is 0 Å². The van der Waals surface area contributed by atoms with E-state index in [4.69, 9.17) is 9.72 Å². The standard InChI is InChI=1S/C22H24N2O2S2/c1-14-11-19-20(12-15(14)2)28-22(23-19)24(13-17-5-4-10-26-17)21(25)16-6-8-18(27-3)9-7-16/h6-9,11-12,17H,4-5,10,13H2,1-3H3. The van der Waals surface area contributed by atoms with Crippen molar-refractivity contribution >= 4 is 44.4 Å². The molecule has 2 heterocycles. The fourth-order valence-electron chi connectivity index (χ4n) is 3.41. The molecule has 0 spiro atoms. The summed E-state index contributed by atoms with van der Waals surface area (Å²) in [4.78, 5) is 21.1. The monoisotopic (exact) mass is 412 g/mol. The van der Waals surface area contributed by atoms with Gasteiger partial charge in [-0.05, 0) is 80.5 Å². The van der Waals surface area contributed by atoms with Gasteiger partial charge in [-0.1, -0.05) is 11.3 Å². The summed E-state index contributed by atoms with van der Waals surface area (Å²) < 4.78 is 6.93. The smallest absolute Gasteiger partial charge is 0.260 e. The van der Waals surface area contributed by atoms with Crippen molar-refractivity contribution in [3.05, 3.63) is 53.1 Å². The second kappa shape index (κ2) is 8.23. The zero-order chi connectivity index (χ0) is 19.7. The minimum atomic E-state index is -0.0179. The van der Waals surface area contributed by atoms with E-state index in [9.17, 15) is 4.79 Å². The van der Waals surface area contributed by atoms with Crippen molar-refractivity contribution in [1.82, 2.24) is 4.98 Å². The predicted molar refractivity (Wildman–Crippen MR) is 118 cm³/mol. The Hall–Kier alpha value is -1.89. The Morgan fingerprint density at radius 3 is 2.68 bits per heavy atom.